The molecule has 0 saturated heterocycles. The van der Waals surface area contributed by atoms with Gasteiger partial charge in [-0.15, -0.1) is 0 Å². The van der Waals surface area contributed by atoms with Gasteiger partial charge >= 0.3 is 0 Å². The van der Waals surface area contributed by atoms with E-state index in [1.165, 1.54) is 6.92 Å². The molecule has 6 heteroatoms. The number of rotatable bonds is 6. The van der Waals surface area contributed by atoms with Gasteiger partial charge in [0.25, 0.3) is 5.56 Å². The van der Waals surface area contributed by atoms with Gasteiger partial charge in [0.1, 0.15) is 5.75 Å². The third-order valence-corrected chi connectivity index (χ3v) is 4.30. The molecular weight excluding hydrogens is 344 g/mol. The third-order valence-electron chi connectivity index (χ3n) is 4.30. The first-order valence-electron chi connectivity index (χ1n) is 8.57. The van der Waals surface area contributed by atoms with E-state index < -0.39 is 0 Å². The number of H-pyrrole nitrogens is 1. The lowest BCUT2D eigenvalue weighted by Gasteiger charge is -2.07. The molecule has 138 valence electrons. The van der Waals surface area contributed by atoms with Gasteiger partial charge in [0.05, 0.1) is 7.11 Å². The van der Waals surface area contributed by atoms with Crippen LogP contribution in [0.1, 0.15) is 29.3 Å². The summed E-state index contributed by atoms with van der Waals surface area (Å²) in [4.78, 5) is 38.7. The Balaban J connectivity index is 1.71. The van der Waals surface area contributed by atoms with Gasteiger partial charge in [0.2, 0.25) is 5.91 Å². The second kappa shape index (κ2) is 7.86. The second-order valence-corrected chi connectivity index (χ2v) is 6.26. The summed E-state index contributed by atoms with van der Waals surface area (Å²) in [5.74, 6) is 0.411. The lowest BCUT2D eigenvalue weighted by molar-refractivity contribution is -0.116. The molecular formula is C21H20N2O4. The fraction of sp³-hybridized carbons (Fsp3) is 0.190. The number of hydrogen-bond acceptors (Lipinski definition) is 4. The summed E-state index contributed by atoms with van der Waals surface area (Å²) in [6.07, 6.45) is 0.462. The number of carbonyl (C=O) groups is 2. The van der Waals surface area contributed by atoms with Gasteiger partial charge in [-0.1, -0.05) is 12.1 Å². The average molecular weight is 364 g/mol. The van der Waals surface area contributed by atoms with Crippen LogP contribution < -0.4 is 15.6 Å². The molecule has 3 rings (SSSR count). The fourth-order valence-corrected chi connectivity index (χ4v) is 2.83. The molecule has 2 N–H and O–H groups in total. The molecule has 0 aliphatic rings. The molecule has 1 aromatic heterocycles. The molecule has 1 amide bonds. The van der Waals surface area contributed by atoms with E-state index in [9.17, 15) is 14.4 Å². The Bertz CT molecular complexity index is 1070. The van der Waals surface area contributed by atoms with Crippen molar-refractivity contribution < 1.29 is 14.3 Å². The van der Waals surface area contributed by atoms with Crippen LogP contribution in [0.5, 0.6) is 5.75 Å². The molecule has 0 aliphatic carbocycles. The number of aromatic amines is 1. The maximum Gasteiger partial charge on any atom is 0.251 e. The van der Waals surface area contributed by atoms with Gasteiger partial charge in [0.15, 0.2) is 5.78 Å². The Morgan fingerprint density at radius 2 is 1.93 bits per heavy atom. The van der Waals surface area contributed by atoms with Crippen LogP contribution in [0.25, 0.3) is 10.9 Å². The third kappa shape index (κ3) is 4.41. The topological polar surface area (TPSA) is 88.3 Å². The number of pyridine rings is 1. The smallest absolute Gasteiger partial charge is 0.251 e. The summed E-state index contributed by atoms with van der Waals surface area (Å²) in [6.45, 7) is 1.47. The van der Waals surface area contributed by atoms with E-state index in [4.69, 9.17) is 4.74 Å². The van der Waals surface area contributed by atoms with Crippen LogP contribution in [0, 0.1) is 0 Å². The van der Waals surface area contributed by atoms with Crippen molar-refractivity contribution in [2.24, 2.45) is 0 Å². The highest BCUT2D eigenvalue weighted by atomic mass is 16.5. The number of hydrogen-bond donors (Lipinski definition) is 2. The van der Waals surface area contributed by atoms with E-state index in [0.29, 0.717) is 29.0 Å². The quantitative estimate of drug-likeness (QED) is 0.657. The average Bonchev–Trinajstić information content (AvgIpc) is 2.66. The highest BCUT2D eigenvalue weighted by Gasteiger charge is 2.09. The van der Waals surface area contributed by atoms with Crippen molar-refractivity contribution in [3.63, 3.8) is 0 Å². The summed E-state index contributed by atoms with van der Waals surface area (Å²) >= 11 is 0. The zero-order chi connectivity index (χ0) is 19.4. The Kier molecular flexibility index (Phi) is 5.35. The highest BCUT2D eigenvalue weighted by Crippen LogP contribution is 2.19. The van der Waals surface area contributed by atoms with Gasteiger partial charge in [-0.05, 0) is 49.7 Å². The van der Waals surface area contributed by atoms with Crippen molar-refractivity contribution in [3.8, 4) is 5.75 Å². The number of carbonyl (C=O) groups excluding carboxylic acids is 2. The predicted molar refractivity (Wildman–Crippen MR) is 105 cm³/mol. The van der Waals surface area contributed by atoms with E-state index in [1.54, 1.807) is 49.6 Å². The molecule has 0 atom stereocenters. The van der Waals surface area contributed by atoms with E-state index in [-0.39, 0.29) is 23.7 Å². The van der Waals surface area contributed by atoms with Crippen LogP contribution in [-0.2, 0) is 11.2 Å². The van der Waals surface area contributed by atoms with Crippen LogP contribution in [0.3, 0.4) is 0 Å². The SMILES string of the molecule is COc1ccc2[nH]c(=O)c(CCC(=O)Nc3cccc(C(C)=O)c3)cc2c1. The Labute approximate surface area is 156 Å². The largest absolute Gasteiger partial charge is 0.497 e. The number of methoxy groups -OCH3 is 1. The number of anilines is 1. The standard InChI is InChI=1S/C21H20N2O4/c1-13(24)14-4-3-5-17(11-14)22-20(25)9-6-15-10-16-12-18(27-2)7-8-19(16)23-21(15)26/h3-5,7-8,10-12H,6,9H2,1-2H3,(H,22,25)(H,23,26). The summed E-state index contributed by atoms with van der Waals surface area (Å²) in [5, 5.41) is 3.60. The monoisotopic (exact) mass is 364 g/mol. The number of fused-ring (bicyclic) bond motifs is 1. The summed E-state index contributed by atoms with van der Waals surface area (Å²) in [6, 6.07) is 13.9. The molecule has 27 heavy (non-hydrogen) atoms. The van der Waals surface area contributed by atoms with Crippen LogP contribution in [-0.4, -0.2) is 23.8 Å². The van der Waals surface area contributed by atoms with E-state index >= 15 is 0 Å². The number of aromatic nitrogens is 1. The van der Waals surface area contributed by atoms with E-state index in [1.807, 2.05) is 6.07 Å². The molecule has 0 fully saturated rings. The number of aryl methyl sites for hydroxylation is 1. The van der Waals surface area contributed by atoms with Gasteiger partial charge in [0, 0.05) is 34.1 Å². The normalized spacial score (nSPS) is 10.6. The Hall–Kier alpha value is -3.41. The number of nitrogens with one attached hydrogen (secondary N) is 2. The van der Waals surface area contributed by atoms with Gasteiger partial charge < -0.3 is 15.0 Å². The lowest BCUT2D eigenvalue weighted by atomic mass is 10.1. The van der Waals surface area contributed by atoms with Crippen molar-refractivity contribution in [1.29, 1.82) is 0 Å². The fourth-order valence-electron chi connectivity index (χ4n) is 2.83. The first kappa shape index (κ1) is 18.4. The molecule has 0 bridgehead atoms. The maximum atomic E-state index is 12.2. The molecule has 0 radical (unpaired) electrons. The molecule has 2 aromatic carbocycles. The number of Topliss-reactive ketones (excluding diaryl/α,β-unsaturated/α-hetero) is 1. The number of amides is 1. The number of benzene rings is 2. The van der Waals surface area contributed by atoms with Gasteiger partial charge in [-0.25, -0.2) is 0 Å². The van der Waals surface area contributed by atoms with Crippen LogP contribution in [0.15, 0.2) is 53.3 Å². The number of ether oxygens (including phenoxy) is 1. The minimum atomic E-state index is -0.221. The molecule has 0 unspecified atom stereocenters. The van der Waals surface area contributed by atoms with Crippen molar-refractivity contribution in [3.05, 3.63) is 70.0 Å². The first-order valence-corrected chi connectivity index (χ1v) is 8.57. The molecule has 0 spiro atoms. The predicted octanol–water partition coefficient (Wildman–Crippen LogP) is 3.31. The van der Waals surface area contributed by atoms with Crippen molar-refractivity contribution in [2.45, 2.75) is 19.8 Å². The Morgan fingerprint density at radius 3 is 2.67 bits per heavy atom. The van der Waals surface area contributed by atoms with Crippen molar-refractivity contribution >= 4 is 28.3 Å². The second-order valence-electron chi connectivity index (χ2n) is 6.26. The van der Waals surface area contributed by atoms with Crippen LogP contribution in [0.4, 0.5) is 5.69 Å². The summed E-state index contributed by atoms with van der Waals surface area (Å²) in [7, 11) is 1.58. The highest BCUT2D eigenvalue weighted by molar-refractivity contribution is 5.97. The molecule has 1 heterocycles. The molecule has 3 aromatic rings. The van der Waals surface area contributed by atoms with Gasteiger partial charge in [-0.2, -0.15) is 0 Å². The van der Waals surface area contributed by atoms with E-state index in [0.717, 1.165) is 10.9 Å². The van der Waals surface area contributed by atoms with Crippen molar-refractivity contribution in [2.75, 3.05) is 12.4 Å². The van der Waals surface area contributed by atoms with Crippen LogP contribution >= 0.6 is 0 Å². The maximum absolute atomic E-state index is 12.2. The zero-order valence-electron chi connectivity index (χ0n) is 15.2. The minimum Gasteiger partial charge on any atom is -0.497 e. The molecule has 6 nitrogen and oxygen atoms in total. The zero-order valence-corrected chi connectivity index (χ0v) is 15.2. The summed E-state index contributed by atoms with van der Waals surface area (Å²) < 4.78 is 5.20. The van der Waals surface area contributed by atoms with Gasteiger partial charge in [-0.3, -0.25) is 14.4 Å². The molecule has 0 saturated carbocycles. The minimum absolute atomic E-state index is 0.0655. The summed E-state index contributed by atoms with van der Waals surface area (Å²) in [5.41, 5.74) is 2.13. The Morgan fingerprint density at radius 1 is 1.11 bits per heavy atom. The lowest BCUT2D eigenvalue weighted by Crippen LogP contribution is -2.17. The van der Waals surface area contributed by atoms with E-state index in [2.05, 4.69) is 10.3 Å². The number of ketones is 1. The van der Waals surface area contributed by atoms with Crippen molar-refractivity contribution in [1.82, 2.24) is 4.98 Å². The van der Waals surface area contributed by atoms with Crippen LogP contribution in [0.2, 0.25) is 0 Å². The first-order chi connectivity index (χ1) is 13.0. The molecule has 0 aliphatic heterocycles.